The maximum Gasteiger partial charge on any atom is 0.256 e. The molecular formula is C10H10N2O2S. The van der Waals surface area contributed by atoms with Crippen LogP contribution in [0, 0.1) is 0 Å². The summed E-state index contributed by atoms with van der Waals surface area (Å²) in [4.78, 5) is 4.34. The Labute approximate surface area is 90.9 Å². The van der Waals surface area contributed by atoms with E-state index in [1.807, 2.05) is 16.8 Å². The van der Waals surface area contributed by atoms with Crippen molar-refractivity contribution >= 4 is 11.3 Å². The number of hydrogen-bond donors (Lipinski definition) is 0. The lowest BCUT2D eigenvalue weighted by Gasteiger charge is -2.00. The molecule has 3 rings (SSSR count). The summed E-state index contributed by atoms with van der Waals surface area (Å²) in [6.07, 6.45) is 2.05. The molecule has 0 saturated carbocycles. The quantitative estimate of drug-likeness (QED) is 0.783. The molecule has 1 saturated heterocycles. The third kappa shape index (κ3) is 1.68. The van der Waals surface area contributed by atoms with Gasteiger partial charge in [0.1, 0.15) is 6.10 Å². The van der Waals surface area contributed by atoms with Crippen molar-refractivity contribution in [3.63, 3.8) is 0 Å². The van der Waals surface area contributed by atoms with Gasteiger partial charge in [-0.15, -0.1) is 0 Å². The lowest BCUT2D eigenvalue weighted by molar-refractivity contribution is 0.0835. The third-order valence-corrected chi connectivity index (χ3v) is 3.11. The van der Waals surface area contributed by atoms with E-state index in [-0.39, 0.29) is 6.10 Å². The molecule has 1 atom stereocenters. The van der Waals surface area contributed by atoms with Gasteiger partial charge in [-0.2, -0.15) is 16.3 Å². The SMILES string of the molecule is c1cc(-c2noc([C@@H]3CCCO3)n2)cs1. The number of hydrogen-bond acceptors (Lipinski definition) is 5. The van der Waals surface area contributed by atoms with Gasteiger partial charge in [0, 0.05) is 17.6 Å². The summed E-state index contributed by atoms with van der Waals surface area (Å²) in [5.74, 6) is 1.26. The van der Waals surface area contributed by atoms with Crippen molar-refractivity contribution in [2.45, 2.75) is 18.9 Å². The van der Waals surface area contributed by atoms with E-state index in [2.05, 4.69) is 10.1 Å². The first kappa shape index (κ1) is 9.06. The molecule has 15 heavy (non-hydrogen) atoms. The van der Waals surface area contributed by atoms with E-state index in [0.717, 1.165) is 25.0 Å². The molecule has 0 aliphatic carbocycles. The van der Waals surface area contributed by atoms with Crippen LogP contribution >= 0.6 is 11.3 Å². The van der Waals surface area contributed by atoms with Crippen molar-refractivity contribution in [1.29, 1.82) is 0 Å². The zero-order valence-corrected chi connectivity index (χ0v) is 8.87. The van der Waals surface area contributed by atoms with E-state index in [1.165, 1.54) is 0 Å². The van der Waals surface area contributed by atoms with Crippen molar-refractivity contribution in [3.8, 4) is 11.4 Å². The van der Waals surface area contributed by atoms with Crippen LogP contribution in [0.3, 0.4) is 0 Å². The van der Waals surface area contributed by atoms with Crippen LogP contribution < -0.4 is 0 Å². The first-order valence-electron chi connectivity index (χ1n) is 4.91. The van der Waals surface area contributed by atoms with Crippen molar-refractivity contribution in [3.05, 3.63) is 22.7 Å². The summed E-state index contributed by atoms with van der Waals surface area (Å²) in [5.41, 5.74) is 1.01. The van der Waals surface area contributed by atoms with Gasteiger partial charge in [0.15, 0.2) is 0 Å². The molecule has 2 aromatic heterocycles. The lowest BCUT2D eigenvalue weighted by atomic mass is 10.2. The largest absolute Gasteiger partial charge is 0.368 e. The molecule has 3 heterocycles. The fourth-order valence-electron chi connectivity index (χ4n) is 1.65. The molecule has 0 amide bonds. The summed E-state index contributed by atoms with van der Waals surface area (Å²) < 4.78 is 10.7. The highest BCUT2D eigenvalue weighted by molar-refractivity contribution is 7.08. The van der Waals surface area contributed by atoms with E-state index in [1.54, 1.807) is 11.3 Å². The van der Waals surface area contributed by atoms with Crippen LogP contribution in [0.15, 0.2) is 21.3 Å². The molecule has 5 heteroatoms. The predicted molar refractivity (Wildman–Crippen MR) is 55.5 cm³/mol. The topological polar surface area (TPSA) is 48.2 Å². The summed E-state index contributed by atoms with van der Waals surface area (Å²) in [5, 5.41) is 7.95. The second-order valence-corrected chi connectivity index (χ2v) is 4.25. The first-order valence-corrected chi connectivity index (χ1v) is 5.85. The van der Waals surface area contributed by atoms with Crippen molar-refractivity contribution < 1.29 is 9.26 Å². The summed E-state index contributed by atoms with van der Waals surface area (Å²) >= 11 is 1.62. The van der Waals surface area contributed by atoms with Gasteiger partial charge in [-0.3, -0.25) is 0 Å². The highest BCUT2D eigenvalue weighted by atomic mass is 32.1. The van der Waals surface area contributed by atoms with E-state index in [0.29, 0.717) is 11.7 Å². The highest BCUT2D eigenvalue weighted by Gasteiger charge is 2.24. The monoisotopic (exact) mass is 222 g/mol. The van der Waals surface area contributed by atoms with Crippen molar-refractivity contribution in [1.82, 2.24) is 10.1 Å². The van der Waals surface area contributed by atoms with Crippen LogP contribution in [0.4, 0.5) is 0 Å². The molecule has 1 fully saturated rings. The van der Waals surface area contributed by atoms with Crippen LogP contribution in [0.25, 0.3) is 11.4 Å². The van der Waals surface area contributed by atoms with Gasteiger partial charge in [0.25, 0.3) is 5.89 Å². The van der Waals surface area contributed by atoms with E-state index in [4.69, 9.17) is 9.26 Å². The van der Waals surface area contributed by atoms with Gasteiger partial charge in [-0.05, 0) is 24.3 Å². The van der Waals surface area contributed by atoms with Crippen LogP contribution in [0.5, 0.6) is 0 Å². The van der Waals surface area contributed by atoms with Gasteiger partial charge >= 0.3 is 0 Å². The Kier molecular flexibility index (Phi) is 2.26. The van der Waals surface area contributed by atoms with Gasteiger partial charge < -0.3 is 9.26 Å². The molecule has 2 aromatic rings. The molecule has 0 radical (unpaired) electrons. The van der Waals surface area contributed by atoms with Gasteiger partial charge in [0.2, 0.25) is 5.82 Å². The zero-order chi connectivity index (χ0) is 10.1. The molecule has 0 spiro atoms. The average molecular weight is 222 g/mol. The molecule has 0 N–H and O–H groups in total. The van der Waals surface area contributed by atoms with Gasteiger partial charge in [-0.25, -0.2) is 0 Å². The lowest BCUT2D eigenvalue weighted by Crippen LogP contribution is -1.95. The maximum absolute atomic E-state index is 5.48. The third-order valence-electron chi connectivity index (χ3n) is 2.43. The Bertz CT molecular complexity index is 432. The maximum atomic E-state index is 5.48. The second-order valence-electron chi connectivity index (χ2n) is 3.47. The molecule has 0 unspecified atom stereocenters. The van der Waals surface area contributed by atoms with Crippen molar-refractivity contribution in [2.24, 2.45) is 0 Å². The van der Waals surface area contributed by atoms with Crippen LogP contribution in [0.1, 0.15) is 24.8 Å². The molecule has 1 aliphatic rings. The van der Waals surface area contributed by atoms with E-state index in [9.17, 15) is 0 Å². The summed E-state index contributed by atoms with van der Waals surface area (Å²) in [6, 6.07) is 1.98. The highest BCUT2D eigenvalue weighted by Crippen LogP contribution is 2.28. The Morgan fingerprint density at radius 3 is 3.20 bits per heavy atom. The van der Waals surface area contributed by atoms with Crippen LogP contribution in [0.2, 0.25) is 0 Å². The smallest absolute Gasteiger partial charge is 0.256 e. The predicted octanol–water partition coefficient (Wildman–Crippen LogP) is 2.65. The first-order chi connectivity index (χ1) is 7.43. The normalized spacial score (nSPS) is 20.9. The van der Waals surface area contributed by atoms with Crippen LogP contribution in [-0.4, -0.2) is 16.7 Å². The number of rotatable bonds is 2. The van der Waals surface area contributed by atoms with E-state index < -0.39 is 0 Å². The molecule has 0 aromatic carbocycles. The van der Waals surface area contributed by atoms with Gasteiger partial charge in [-0.1, -0.05) is 5.16 Å². The standard InChI is InChI=1S/C10H10N2O2S/c1-2-8(13-4-1)10-11-9(12-14-10)7-3-5-15-6-7/h3,5-6,8H,1-2,4H2/t8-/m0/s1. The Hall–Kier alpha value is -1.20. The number of nitrogens with zero attached hydrogens (tertiary/aromatic N) is 2. The average Bonchev–Trinajstić information content (AvgIpc) is 3.02. The minimum absolute atomic E-state index is 0.00452. The number of thiophene rings is 1. The number of aromatic nitrogens is 2. The van der Waals surface area contributed by atoms with Crippen LogP contribution in [-0.2, 0) is 4.74 Å². The minimum Gasteiger partial charge on any atom is -0.368 e. The minimum atomic E-state index is 0.00452. The molecule has 0 bridgehead atoms. The fraction of sp³-hybridized carbons (Fsp3) is 0.400. The Morgan fingerprint density at radius 2 is 2.47 bits per heavy atom. The van der Waals surface area contributed by atoms with E-state index >= 15 is 0 Å². The second kappa shape index (κ2) is 3.75. The number of ether oxygens (including phenoxy) is 1. The molecule has 78 valence electrons. The van der Waals surface area contributed by atoms with Crippen molar-refractivity contribution in [2.75, 3.05) is 6.61 Å². The fourth-order valence-corrected chi connectivity index (χ4v) is 2.28. The Balaban J connectivity index is 1.87. The van der Waals surface area contributed by atoms with Gasteiger partial charge in [0.05, 0.1) is 0 Å². The molecule has 4 nitrogen and oxygen atoms in total. The Morgan fingerprint density at radius 1 is 1.47 bits per heavy atom. The summed E-state index contributed by atoms with van der Waals surface area (Å²) in [7, 11) is 0. The molecular weight excluding hydrogens is 212 g/mol. The molecule has 1 aliphatic heterocycles. The zero-order valence-electron chi connectivity index (χ0n) is 8.05. The summed E-state index contributed by atoms with van der Waals surface area (Å²) in [6.45, 7) is 0.792.